The highest BCUT2D eigenvalue weighted by Gasteiger charge is 2.28. The number of hydrogen-bond acceptors (Lipinski definition) is 1. The van der Waals surface area contributed by atoms with Crippen LogP contribution in [-0.2, 0) is 0 Å². The van der Waals surface area contributed by atoms with Crippen molar-refractivity contribution in [2.75, 3.05) is 6.54 Å². The summed E-state index contributed by atoms with van der Waals surface area (Å²) >= 11 is 0. The zero-order valence-corrected chi connectivity index (χ0v) is 12.7. The van der Waals surface area contributed by atoms with Crippen molar-refractivity contribution in [1.29, 1.82) is 0 Å². The van der Waals surface area contributed by atoms with Crippen LogP contribution in [-0.4, -0.2) is 12.6 Å². The van der Waals surface area contributed by atoms with Crippen LogP contribution in [0.3, 0.4) is 0 Å². The molecule has 1 rings (SSSR count). The van der Waals surface area contributed by atoms with Gasteiger partial charge in [0.2, 0.25) is 0 Å². The van der Waals surface area contributed by atoms with E-state index in [1.54, 1.807) is 0 Å². The summed E-state index contributed by atoms with van der Waals surface area (Å²) in [4.78, 5) is 0. The molecular formula is C16H33N. The predicted octanol–water partition coefficient (Wildman–Crippen LogP) is 4.62. The molecule has 0 aromatic carbocycles. The lowest BCUT2D eigenvalue weighted by molar-refractivity contribution is 0.178. The molecule has 0 saturated heterocycles. The Hall–Kier alpha value is -0.0400. The Labute approximate surface area is 109 Å². The highest BCUT2D eigenvalue weighted by molar-refractivity contribution is 4.83. The minimum Gasteiger partial charge on any atom is -0.314 e. The van der Waals surface area contributed by atoms with Crippen LogP contribution in [0.4, 0.5) is 0 Å². The lowest BCUT2D eigenvalue weighted by Gasteiger charge is -2.36. The molecular weight excluding hydrogens is 206 g/mol. The van der Waals surface area contributed by atoms with Gasteiger partial charge in [-0.1, -0.05) is 53.9 Å². The Kier molecular flexibility index (Phi) is 5.99. The monoisotopic (exact) mass is 239 g/mol. The third kappa shape index (κ3) is 4.99. The normalized spacial score (nSPS) is 22.4. The largest absolute Gasteiger partial charge is 0.314 e. The molecule has 0 bridgehead atoms. The maximum atomic E-state index is 3.76. The van der Waals surface area contributed by atoms with Gasteiger partial charge in [-0.05, 0) is 43.1 Å². The summed E-state index contributed by atoms with van der Waals surface area (Å²) in [5, 5.41) is 3.76. The quantitative estimate of drug-likeness (QED) is 0.738. The predicted molar refractivity (Wildman–Crippen MR) is 77.3 cm³/mol. The molecule has 17 heavy (non-hydrogen) atoms. The fraction of sp³-hybridized carbons (Fsp3) is 1.00. The lowest BCUT2D eigenvalue weighted by Crippen LogP contribution is -2.40. The second-order valence-corrected chi connectivity index (χ2v) is 7.07. The van der Waals surface area contributed by atoms with Crippen LogP contribution in [0.25, 0.3) is 0 Å². The van der Waals surface area contributed by atoms with Gasteiger partial charge in [-0.25, -0.2) is 0 Å². The second kappa shape index (κ2) is 6.78. The first kappa shape index (κ1) is 15.0. The molecule has 2 unspecified atom stereocenters. The van der Waals surface area contributed by atoms with Crippen LogP contribution in [0.1, 0.15) is 73.1 Å². The molecule has 0 amide bonds. The molecule has 0 aromatic heterocycles. The highest BCUT2D eigenvalue weighted by Crippen LogP contribution is 2.34. The van der Waals surface area contributed by atoms with Gasteiger partial charge in [-0.3, -0.25) is 0 Å². The summed E-state index contributed by atoms with van der Waals surface area (Å²) in [5.41, 5.74) is 0.447. The standard InChI is InChI=1S/C16H33N/c1-6-17-15(12-13(2)16(3,4)5)14-10-8-7-9-11-14/h13-15,17H,6-12H2,1-5H3. The van der Waals surface area contributed by atoms with Gasteiger partial charge >= 0.3 is 0 Å². The van der Waals surface area contributed by atoms with Crippen molar-refractivity contribution in [3.63, 3.8) is 0 Å². The molecule has 1 N–H and O–H groups in total. The Balaban J connectivity index is 2.52. The number of nitrogens with one attached hydrogen (secondary N) is 1. The zero-order valence-electron chi connectivity index (χ0n) is 12.7. The average Bonchev–Trinajstić information content (AvgIpc) is 2.28. The van der Waals surface area contributed by atoms with Crippen molar-refractivity contribution >= 4 is 0 Å². The minimum absolute atomic E-state index is 0.447. The van der Waals surface area contributed by atoms with Crippen molar-refractivity contribution in [3.05, 3.63) is 0 Å². The summed E-state index contributed by atoms with van der Waals surface area (Å²) in [6.07, 6.45) is 8.63. The fourth-order valence-electron chi connectivity index (χ4n) is 2.98. The van der Waals surface area contributed by atoms with E-state index in [-0.39, 0.29) is 0 Å². The summed E-state index contributed by atoms with van der Waals surface area (Å²) < 4.78 is 0. The van der Waals surface area contributed by atoms with Gasteiger partial charge < -0.3 is 5.32 Å². The molecule has 1 aliphatic rings. The molecule has 1 nitrogen and oxygen atoms in total. The van der Waals surface area contributed by atoms with Crippen molar-refractivity contribution in [2.45, 2.75) is 79.2 Å². The van der Waals surface area contributed by atoms with E-state index in [1.807, 2.05) is 0 Å². The average molecular weight is 239 g/mol. The van der Waals surface area contributed by atoms with E-state index in [2.05, 4.69) is 39.9 Å². The SMILES string of the molecule is CCNC(CC(C)C(C)(C)C)C1CCCCC1. The fourth-order valence-corrected chi connectivity index (χ4v) is 2.98. The second-order valence-electron chi connectivity index (χ2n) is 7.07. The molecule has 1 saturated carbocycles. The molecule has 102 valence electrons. The van der Waals surface area contributed by atoms with Crippen molar-refractivity contribution < 1.29 is 0 Å². The van der Waals surface area contributed by atoms with Gasteiger partial charge in [0.25, 0.3) is 0 Å². The first-order valence-corrected chi connectivity index (χ1v) is 7.68. The van der Waals surface area contributed by atoms with Gasteiger partial charge in [0.05, 0.1) is 0 Å². The van der Waals surface area contributed by atoms with Crippen molar-refractivity contribution in [3.8, 4) is 0 Å². The minimum atomic E-state index is 0.447. The molecule has 2 atom stereocenters. The first-order chi connectivity index (χ1) is 7.95. The van der Waals surface area contributed by atoms with Crippen LogP contribution in [0.15, 0.2) is 0 Å². The van der Waals surface area contributed by atoms with E-state index < -0.39 is 0 Å². The van der Waals surface area contributed by atoms with E-state index in [0.29, 0.717) is 5.41 Å². The van der Waals surface area contributed by atoms with Gasteiger partial charge in [0, 0.05) is 6.04 Å². The molecule has 1 heteroatoms. The Morgan fingerprint density at radius 1 is 1.12 bits per heavy atom. The van der Waals surface area contributed by atoms with Gasteiger partial charge in [0.1, 0.15) is 0 Å². The molecule has 1 fully saturated rings. The van der Waals surface area contributed by atoms with Crippen LogP contribution < -0.4 is 5.32 Å². The molecule has 1 aliphatic carbocycles. The van der Waals surface area contributed by atoms with Crippen LogP contribution in [0.2, 0.25) is 0 Å². The summed E-state index contributed by atoms with van der Waals surface area (Å²) in [6.45, 7) is 12.9. The van der Waals surface area contributed by atoms with E-state index in [9.17, 15) is 0 Å². The number of rotatable bonds is 5. The maximum Gasteiger partial charge on any atom is 0.00979 e. The van der Waals surface area contributed by atoms with Crippen LogP contribution in [0.5, 0.6) is 0 Å². The molecule has 0 spiro atoms. The molecule has 0 aromatic rings. The summed E-state index contributed by atoms with van der Waals surface area (Å²) in [7, 11) is 0. The summed E-state index contributed by atoms with van der Waals surface area (Å²) in [6, 6.07) is 0.759. The van der Waals surface area contributed by atoms with E-state index in [0.717, 1.165) is 24.4 Å². The third-order valence-electron chi connectivity index (χ3n) is 4.77. The third-order valence-corrected chi connectivity index (χ3v) is 4.77. The summed E-state index contributed by atoms with van der Waals surface area (Å²) in [5.74, 6) is 1.74. The maximum absolute atomic E-state index is 3.76. The van der Waals surface area contributed by atoms with Crippen LogP contribution >= 0.6 is 0 Å². The van der Waals surface area contributed by atoms with E-state index in [1.165, 1.54) is 38.5 Å². The molecule has 0 radical (unpaired) electrons. The van der Waals surface area contributed by atoms with Crippen LogP contribution in [0, 0.1) is 17.3 Å². The smallest absolute Gasteiger partial charge is 0.00979 e. The first-order valence-electron chi connectivity index (χ1n) is 7.68. The Bertz CT molecular complexity index is 198. The number of hydrogen-bond donors (Lipinski definition) is 1. The molecule has 0 heterocycles. The lowest BCUT2D eigenvalue weighted by atomic mass is 9.74. The van der Waals surface area contributed by atoms with Gasteiger partial charge in [0.15, 0.2) is 0 Å². The Morgan fingerprint density at radius 3 is 2.18 bits per heavy atom. The van der Waals surface area contributed by atoms with E-state index in [4.69, 9.17) is 0 Å². The van der Waals surface area contributed by atoms with Crippen molar-refractivity contribution in [1.82, 2.24) is 5.32 Å². The van der Waals surface area contributed by atoms with E-state index >= 15 is 0 Å². The Morgan fingerprint density at radius 2 is 1.71 bits per heavy atom. The molecule has 0 aliphatic heterocycles. The highest BCUT2D eigenvalue weighted by atomic mass is 14.9. The zero-order chi connectivity index (χ0) is 12.9. The van der Waals surface area contributed by atoms with Gasteiger partial charge in [-0.15, -0.1) is 0 Å². The topological polar surface area (TPSA) is 12.0 Å². The van der Waals surface area contributed by atoms with Gasteiger partial charge in [-0.2, -0.15) is 0 Å². The van der Waals surface area contributed by atoms with Crippen molar-refractivity contribution in [2.24, 2.45) is 17.3 Å².